The van der Waals surface area contributed by atoms with Gasteiger partial charge in [-0.15, -0.1) is 0 Å². The van der Waals surface area contributed by atoms with E-state index in [1.54, 1.807) is 0 Å². The van der Waals surface area contributed by atoms with Crippen LogP contribution in [0.25, 0.3) is 0 Å². The molecule has 0 aromatic heterocycles. The maximum Gasteiger partial charge on any atom is 0.305 e. The zero-order chi connectivity index (χ0) is 28.8. The second-order valence-electron chi connectivity index (χ2n) is 11.9. The molecule has 0 heterocycles. The number of hydrogen-bond acceptors (Lipinski definition) is 5. The van der Waals surface area contributed by atoms with Crippen LogP contribution < -0.4 is 0 Å². The molecule has 0 fully saturated rings. The highest BCUT2D eigenvalue weighted by molar-refractivity contribution is 6.77. The summed E-state index contributed by atoms with van der Waals surface area (Å²) in [7, 11) is -2.09. The molecule has 0 N–H and O–H groups in total. The average molecular weight is 555 g/mol. The molecule has 0 radical (unpaired) electrons. The van der Waals surface area contributed by atoms with Gasteiger partial charge < -0.3 is 13.9 Å². The van der Waals surface area contributed by atoms with E-state index in [1.807, 2.05) is 0 Å². The van der Waals surface area contributed by atoms with Gasteiger partial charge in [-0.05, 0) is 48.7 Å². The summed E-state index contributed by atoms with van der Waals surface area (Å²) in [6.07, 6.45) is 20.5. The maximum atomic E-state index is 12.3. The van der Waals surface area contributed by atoms with E-state index in [2.05, 4.69) is 60.6 Å². The van der Waals surface area contributed by atoms with Crippen molar-refractivity contribution in [2.45, 2.75) is 168 Å². The molecule has 5 nitrogen and oxygen atoms in total. The Hall–Kier alpha value is -1.14. The lowest BCUT2D eigenvalue weighted by molar-refractivity contribution is -0.159. The van der Waals surface area contributed by atoms with Gasteiger partial charge in [0, 0.05) is 13.3 Å². The van der Waals surface area contributed by atoms with Crippen molar-refractivity contribution in [2.75, 3.05) is 13.2 Å². The molecular weight excluding hydrogens is 492 g/mol. The van der Waals surface area contributed by atoms with Crippen molar-refractivity contribution in [2.24, 2.45) is 0 Å². The topological polar surface area (TPSA) is 61.8 Å². The molecule has 0 aromatic rings. The Kier molecular flexibility index (Phi) is 22.0. The number of hydrogen-bond donors (Lipinski definition) is 0. The van der Waals surface area contributed by atoms with Gasteiger partial charge in [0.2, 0.25) is 8.32 Å². The second-order valence-corrected chi connectivity index (χ2v) is 17.3. The molecule has 38 heavy (non-hydrogen) atoms. The Morgan fingerprint density at radius 2 is 1.16 bits per heavy atom. The summed E-state index contributed by atoms with van der Waals surface area (Å²) in [6.45, 7) is 17.3. The van der Waals surface area contributed by atoms with E-state index in [9.17, 15) is 9.59 Å². The van der Waals surface area contributed by atoms with Crippen LogP contribution in [0.15, 0.2) is 12.2 Å². The molecule has 0 rings (SSSR count). The lowest BCUT2D eigenvalue weighted by Gasteiger charge is -2.42. The van der Waals surface area contributed by atoms with Gasteiger partial charge in [0.05, 0.1) is 6.61 Å². The molecule has 224 valence electrons. The highest BCUT2D eigenvalue weighted by Gasteiger charge is 2.45. The highest BCUT2D eigenvalue weighted by Crippen LogP contribution is 2.42. The first-order valence-corrected chi connectivity index (χ1v) is 17.8. The van der Waals surface area contributed by atoms with Crippen molar-refractivity contribution in [3.05, 3.63) is 12.2 Å². The van der Waals surface area contributed by atoms with E-state index in [0.717, 1.165) is 25.7 Å². The van der Waals surface area contributed by atoms with E-state index in [0.29, 0.717) is 23.0 Å². The van der Waals surface area contributed by atoms with Crippen LogP contribution in [0.2, 0.25) is 16.6 Å². The Morgan fingerprint density at radius 1 is 0.684 bits per heavy atom. The molecule has 6 heteroatoms. The number of rotatable bonds is 24. The molecule has 0 aliphatic rings. The van der Waals surface area contributed by atoms with Crippen molar-refractivity contribution < 1.29 is 23.5 Å². The van der Waals surface area contributed by atoms with Crippen LogP contribution >= 0.6 is 0 Å². The first kappa shape index (κ1) is 36.9. The minimum Gasteiger partial charge on any atom is -0.462 e. The van der Waals surface area contributed by atoms with Crippen LogP contribution in [0.3, 0.4) is 0 Å². The van der Waals surface area contributed by atoms with Gasteiger partial charge in [0.1, 0.15) is 6.61 Å². The summed E-state index contributed by atoms with van der Waals surface area (Å²) < 4.78 is 17.5. The second kappa shape index (κ2) is 22.7. The minimum atomic E-state index is -2.09. The van der Waals surface area contributed by atoms with Crippen molar-refractivity contribution >= 4 is 20.3 Å². The number of carbonyl (C=O) groups excluding carboxylic acids is 2. The van der Waals surface area contributed by atoms with E-state index in [4.69, 9.17) is 13.9 Å². The molecule has 0 bridgehead atoms. The molecule has 0 unspecified atom stereocenters. The van der Waals surface area contributed by atoms with Gasteiger partial charge in [-0.1, -0.05) is 112 Å². The van der Waals surface area contributed by atoms with Gasteiger partial charge in [-0.2, -0.15) is 0 Å². The van der Waals surface area contributed by atoms with Gasteiger partial charge in [0.15, 0.2) is 6.10 Å². The van der Waals surface area contributed by atoms with Crippen LogP contribution in [0.1, 0.15) is 145 Å². The molecular formula is C32H62O5Si. The summed E-state index contributed by atoms with van der Waals surface area (Å²) in [5.41, 5.74) is 1.30. The van der Waals surface area contributed by atoms with Crippen molar-refractivity contribution in [1.82, 2.24) is 0 Å². The summed E-state index contributed by atoms with van der Waals surface area (Å²) >= 11 is 0. The Bertz CT molecular complexity index is 608. The number of carbonyl (C=O) groups is 2. The zero-order valence-electron chi connectivity index (χ0n) is 26.3. The fraction of sp³-hybridized carbons (Fsp3) is 0.875. The minimum absolute atomic E-state index is 0.0578. The molecule has 0 saturated heterocycles. The molecule has 1 atom stereocenters. The number of ether oxygens (including phenoxy) is 2. The molecule has 0 aliphatic heterocycles. The quantitative estimate of drug-likeness (QED) is 0.0514. The molecule has 0 amide bonds. The Labute approximate surface area is 237 Å². The molecule has 0 aliphatic carbocycles. The largest absolute Gasteiger partial charge is 0.462 e. The average Bonchev–Trinajstić information content (AvgIpc) is 2.84. The number of allylic oxidation sites excluding steroid dienone is 2. The fourth-order valence-electron chi connectivity index (χ4n) is 5.69. The van der Waals surface area contributed by atoms with Crippen molar-refractivity contribution in [3.63, 3.8) is 0 Å². The van der Waals surface area contributed by atoms with Gasteiger partial charge in [-0.25, -0.2) is 0 Å². The summed E-state index contributed by atoms with van der Waals surface area (Å²) in [5, 5.41) is 0. The third-order valence-corrected chi connectivity index (χ3v) is 13.7. The molecule has 0 aromatic carbocycles. The fourth-order valence-corrected chi connectivity index (χ4v) is 11.2. The van der Waals surface area contributed by atoms with Crippen molar-refractivity contribution in [1.29, 1.82) is 0 Å². The first-order chi connectivity index (χ1) is 18.1. The molecule has 0 saturated carbocycles. The normalized spacial score (nSPS) is 13.1. The van der Waals surface area contributed by atoms with E-state index in [-0.39, 0.29) is 25.2 Å². The Balaban J connectivity index is 4.14. The van der Waals surface area contributed by atoms with Gasteiger partial charge >= 0.3 is 11.9 Å². The smallest absolute Gasteiger partial charge is 0.305 e. The van der Waals surface area contributed by atoms with Gasteiger partial charge in [-0.3, -0.25) is 9.59 Å². The monoisotopic (exact) mass is 554 g/mol. The predicted molar refractivity (Wildman–Crippen MR) is 163 cm³/mol. The van der Waals surface area contributed by atoms with Crippen LogP contribution in [0.4, 0.5) is 0 Å². The number of esters is 2. The summed E-state index contributed by atoms with van der Waals surface area (Å²) in [4.78, 5) is 23.9. The van der Waals surface area contributed by atoms with E-state index >= 15 is 0 Å². The maximum absolute atomic E-state index is 12.3. The lowest BCUT2D eigenvalue weighted by Crippen LogP contribution is -2.49. The highest BCUT2D eigenvalue weighted by atomic mass is 28.4. The molecule has 0 spiro atoms. The standard InChI is InChI=1S/C32H62O5Si/c1-9-10-11-12-13-14-15-16-17-18-19-20-21-22-23-24-32(34)35-25-31(37-30(8)33)26-36-38(27(2)3,28(4)5)29(6)7/h16-17,27-29,31H,9-15,18-26H2,1-8H3/b17-16-/t31-/m1/s1. The lowest BCUT2D eigenvalue weighted by atomic mass is 10.1. The van der Waals surface area contributed by atoms with Crippen LogP contribution in [-0.4, -0.2) is 39.6 Å². The van der Waals surface area contributed by atoms with E-state index in [1.165, 1.54) is 64.7 Å². The van der Waals surface area contributed by atoms with Crippen LogP contribution in [-0.2, 0) is 23.5 Å². The van der Waals surface area contributed by atoms with Gasteiger partial charge in [0.25, 0.3) is 0 Å². The summed E-state index contributed by atoms with van der Waals surface area (Å²) in [6, 6.07) is 0. The zero-order valence-corrected chi connectivity index (χ0v) is 27.3. The summed E-state index contributed by atoms with van der Waals surface area (Å²) in [5.74, 6) is -0.599. The number of unbranched alkanes of at least 4 members (excludes halogenated alkanes) is 11. The van der Waals surface area contributed by atoms with Crippen LogP contribution in [0, 0.1) is 0 Å². The van der Waals surface area contributed by atoms with Crippen LogP contribution in [0.5, 0.6) is 0 Å². The van der Waals surface area contributed by atoms with E-state index < -0.39 is 14.4 Å². The van der Waals surface area contributed by atoms with Crippen molar-refractivity contribution in [3.8, 4) is 0 Å². The SMILES string of the molecule is CCCCCCCC/C=C\CCCCCCCC(=O)OC[C@H](CO[Si](C(C)C)(C(C)C)C(C)C)OC(C)=O. The first-order valence-electron chi connectivity index (χ1n) is 15.7. The predicted octanol–water partition coefficient (Wildman–Crippen LogP) is 9.69. The third-order valence-electron chi connectivity index (χ3n) is 7.63. The Morgan fingerprint density at radius 3 is 1.63 bits per heavy atom. The third kappa shape index (κ3) is 16.7.